The van der Waals surface area contributed by atoms with Gasteiger partial charge in [0.2, 0.25) is 0 Å². The zero-order valence-electron chi connectivity index (χ0n) is 11.1. The highest BCUT2D eigenvalue weighted by atomic mass is 19.2. The molecule has 0 saturated heterocycles. The SMILES string of the molecule is Cc1cccc2nc(-c3cc(F)c(F)cc3N)n(C)c12. The zero-order chi connectivity index (χ0) is 14.4. The van der Waals surface area contributed by atoms with Crippen molar-refractivity contribution in [2.24, 2.45) is 7.05 Å². The fourth-order valence-corrected chi connectivity index (χ4v) is 2.46. The number of rotatable bonds is 1. The Labute approximate surface area is 114 Å². The molecule has 2 N–H and O–H groups in total. The Morgan fingerprint density at radius 3 is 2.55 bits per heavy atom. The lowest BCUT2D eigenvalue weighted by Crippen LogP contribution is -1.99. The number of halogens is 2. The maximum absolute atomic E-state index is 13.4. The van der Waals surface area contributed by atoms with Crippen LogP contribution in [0.2, 0.25) is 0 Å². The van der Waals surface area contributed by atoms with E-state index in [1.807, 2.05) is 36.7 Å². The quantitative estimate of drug-likeness (QED) is 0.690. The van der Waals surface area contributed by atoms with Gasteiger partial charge in [-0.2, -0.15) is 0 Å². The number of fused-ring (bicyclic) bond motifs is 1. The number of aryl methyl sites for hydroxylation is 2. The molecule has 3 nitrogen and oxygen atoms in total. The molecule has 0 radical (unpaired) electrons. The highest BCUT2D eigenvalue weighted by molar-refractivity contribution is 5.85. The van der Waals surface area contributed by atoms with Gasteiger partial charge < -0.3 is 10.3 Å². The number of nitrogens with two attached hydrogens (primary N) is 1. The van der Waals surface area contributed by atoms with Crippen LogP contribution in [0.4, 0.5) is 14.5 Å². The van der Waals surface area contributed by atoms with Gasteiger partial charge in [-0.3, -0.25) is 0 Å². The molecule has 5 heteroatoms. The maximum Gasteiger partial charge on any atom is 0.160 e. The summed E-state index contributed by atoms with van der Waals surface area (Å²) in [6.45, 7) is 1.97. The molecule has 0 aliphatic carbocycles. The van der Waals surface area contributed by atoms with Crippen molar-refractivity contribution >= 4 is 16.7 Å². The van der Waals surface area contributed by atoms with Gasteiger partial charge >= 0.3 is 0 Å². The second kappa shape index (κ2) is 4.30. The molecule has 0 saturated carbocycles. The van der Waals surface area contributed by atoms with Crippen molar-refractivity contribution < 1.29 is 8.78 Å². The summed E-state index contributed by atoms with van der Waals surface area (Å²) in [5, 5.41) is 0. The largest absolute Gasteiger partial charge is 0.398 e. The predicted octanol–water partition coefficient (Wildman–Crippen LogP) is 3.41. The van der Waals surface area contributed by atoms with Crippen LogP contribution in [0, 0.1) is 18.6 Å². The van der Waals surface area contributed by atoms with E-state index >= 15 is 0 Å². The lowest BCUT2D eigenvalue weighted by molar-refractivity contribution is 0.509. The predicted molar refractivity (Wildman–Crippen MR) is 75.2 cm³/mol. The van der Waals surface area contributed by atoms with Gasteiger partial charge in [-0.25, -0.2) is 13.8 Å². The van der Waals surface area contributed by atoms with Gasteiger partial charge in [0, 0.05) is 24.4 Å². The molecule has 0 unspecified atom stereocenters. The summed E-state index contributed by atoms with van der Waals surface area (Å²) < 4.78 is 28.4. The minimum Gasteiger partial charge on any atom is -0.398 e. The third kappa shape index (κ3) is 1.74. The Morgan fingerprint density at radius 2 is 1.85 bits per heavy atom. The summed E-state index contributed by atoms with van der Waals surface area (Å²) in [5.74, 6) is -1.37. The molecular weight excluding hydrogens is 260 g/mol. The van der Waals surface area contributed by atoms with E-state index in [0.29, 0.717) is 11.4 Å². The normalized spacial score (nSPS) is 11.2. The van der Waals surface area contributed by atoms with Crippen molar-refractivity contribution in [2.45, 2.75) is 6.92 Å². The van der Waals surface area contributed by atoms with E-state index in [2.05, 4.69) is 4.98 Å². The van der Waals surface area contributed by atoms with E-state index in [-0.39, 0.29) is 5.69 Å². The van der Waals surface area contributed by atoms with E-state index in [4.69, 9.17) is 5.73 Å². The molecule has 0 spiro atoms. The number of benzene rings is 2. The van der Waals surface area contributed by atoms with Crippen LogP contribution < -0.4 is 5.73 Å². The molecule has 102 valence electrons. The Balaban J connectivity index is 2.33. The zero-order valence-corrected chi connectivity index (χ0v) is 11.1. The summed E-state index contributed by atoms with van der Waals surface area (Å²) in [5.41, 5.74) is 9.16. The minimum absolute atomic E-state index is 0.167. The Hall–Kier alpha value is -2.43. The first-order valence-corrected chi connectivity index (χ1v) is 6.16. The first-order chi connectivity index (χ1) is 9.49. The molecule has 3 aromatic rings. The third-order valence-electron chi connectivity index (χ3n) is 3.43. The Morgan fingerprint density at radius 1 is 1.15 bits per heavy atom. The molecule has 1 aromatic heterocycles. The molecule has 0 bridgehead atoms. The molecule has 0 aliphatic rings. The van der Waals surface area contributed by atoms with E-state index < -0.39 is 11.6 Å². The second-order valence-corrected chi connectivity index (χ2v) is 4.79. The molecule has 0 aliphatic heterocycles. The molecule has 20 heavy (non-hydrogen) atoms. The lowest BCUT2D eigenvalue weighted by atomic mass is 10.1. The van der Waals surface area contributed by atoms with Crippen LogP contribution in [0.3, 0.4) is 0 Å². The van der Waals surface area contributed by atoms with Crippen molar-refractivity contribution in [1.29, 1.82) is 0 Å². The molecule has 0 fully saturated rings. The van der Waals surface area contributed by atoms with Gasteiger partial charge in [0.15, 0.2) is 11.6 Å². The lowest BCUT2D eigenvalue weighted by Gasteiger charge is -2.07. The van der Waals surface area contributed by atoms with Crippen molar-refractivity contribution in [2.75, 3.05) is 5.73 Å². The number of anilines is 1. The van der Waals surface area contributed by atoms with E-state index in [0.717, 1.165) is 28.7 Å². The summed E-state index contributed by atoms with van der Waals surface area (Å²) in [6.07, 6.45) is 0. The second-order valence-electron chi connectivity index (χ2n) is 4.79. The van der Waals surface area contributed by atoms with Gasteiger partial charge in [0.05, 0.1) is 11.0 Å². The highest BCUT2D eigenvalue weighted by Crippen LogP contribution is 2.30. The Bertz CT molecular complexity index is 822. The fraction of sp³-hybridized carbons (Fsp3) is 0.133. The number of nitrogens with zero attached hydrogens (tertiary/aromatic N) is 2. The van der Waals surface area contributed by atoms with Crippen LogP contribution in [0.5, 0.6) is 0 Å². The van der Waals surface area contributed by atoms with Gasteiger partial charge in [0.1, 0.15) is 5.82 Å². The van der Waals surface area contributed by atoms with E-state index in [1.165, 1.54) is 0 Å². The maximum atomic E-state index is 13.4. The number of aromatic nitrogens is 2. The van der Waals surface area contributed by atoms with E-state index in [9.17, 15) is 8.78 Å². The number of hydrogen-bond acceptors (Lipinski definition) is 2. The van der Waals surface area contributed by atoms with Crippen molar-refractivity contribution in [3.63, 3.8) is 0 Å². The van der Waals surface area contributed by atoms with Crippen LogP contribution in [0.1, 0.15) is 5.56 Å². The molecule has 3 rings (SSSR count). The molecule has 2 aromatic carbocycles. The smallest absolute Gasteiger partial charge is 0.160 e. The van der Waals surface area contributed by atoms with Gasteiger partial charge in [-0.15, -0.1) is 0 Å². The van der Waals surface area contributed by atoms with Gasteiger partial charge in [0.25, 0.3) is 0 Å². The minimum atomic E-state index is -0.957. The first-order valence-electron chi connectivity index (χ1n) is 6.16. The van der Waals surface area contributed by atoms with Crippen LogP contribution >= 0.6 is 0 Å². The third-order valence-corrected chi connectivity index (χ3v) is 3.43. The molecule has 1 heterocycles. The number of nitrogen functional groups attached to an aromatic ring is 1. The fourth-order valence-electron chi connectivity index (χ4n) is 2.46. The number of para-hydroxylation sites is 1. The summed E-state index contributed by atoms with van der Waals surface area (Å²) in [4.78, 5) is 4.47. The molecule has 0 atom stereocenters. The van der Waals surface area contributed by atoms with Crippen LogP contribution in [-0.2, 0) is 7.05 Å². The summed E-state index contributed by atoms with van der Waals surface area (Å²) >= 11 is 0. The van der Waals surface area contributed by atoms with Crippen molar-refractivity contribution in [3.8, 4) is 11.4 Å². The van der Waals surface area contributed by atoms with Gasteiger partial charge in [-0.05, 0) is 24.6 Å². The van der Waals surface area contributed by atoms with Crippen molar-refractivity contribution in [3.05, 3.63) is 47.5 Å². The average Bonchev–Trinajstić information content (AvgIpc) is 2.73. The van der Waals surface area contributed by atoms with Crippen molar-refractivity contribution in [1.82, 2.24) is 9.55 Å². The topological polar surface area (TPSA) is 43.8 Å². The standard InChI is InChI=1S/C15H13F2N3/c1-8-4-3-5-13-14(8)20(2)15(19-13)9-6-10(16)11(17)7-12(9)18/h3-7H,18H2,1-2H3. The van der Waals surface area contributed by atoms with Crippen LogP contribution in [0.25, 0.3) is 22.4 Å². The van der Waals surface area contributed by atoms with Gasteiger partial charge in [-0.1, -0.05) is 12.1 Å². The number of hydrogen-bond donors (Lipinski definition) is 1. The summed E-state index contributed by atoms with van der Waals surface area (Å²) in [6, 6.07) is 7.82. The van der Waals surface area contributed by atoms with E-state index in [1.54, 1.807) is 0 Å². The van der Waals surface area contributed by atoms with Crippen LogP contribution in [0.15, 0.2) is 30.3 Å². The molecular formula is C15H13F2N3. The molecule has 0 amide bonds. The average molecular weight is 273 g/mol. The number of imidazole rings is 1. The monoisotopic (exact) mass is 273 g/mol. The Kier molecular flexibility index (Phi) is 2.71. The first kappa shape index (κ1) is 12.6. The van der Waals surface area contributed by atoms with Crippen LogP contribution in [-0.4, -0.2) is 9.55 Å². The highest BCUT2D eigenvalue weighted by Gasteiger charge is 2.16. The summed E-state index contributed by atoms with van der Waals surface area (Å²) in [7, 11) is 1.83.